The Morgan fingerprint density at radius 2 is 1.85 bits per heavy atom. The number of piperazine rings is 1. The third kappa shape index (κ3) is 7.33. The summed E-state index contributed by atoms with van der Waals surface area (Å²) < 4.78 is 0. The zero-order valence-corrected chi connectivity index (χ0v) is 22.5. The average Bonchev–Trinajstić information content (AvgIpc) is 2.84. The maximum Gasteiger partial charge on any atom is 0.239 e. The van der Waals surface area contributed by atoms with E-state index in [9.17, 15) is 4.79 Å². The van der Waals surface area contributed by atoms with E-state index < -0.39 is 0 Å². The third-order valence-corrected chi connectivity index (χ3v) is 6.61. The topological polar surface area (TPSA) is 72.0 Å². The van der Waals surface area contributed by atoms with Gasteiger partial charge in [0, 0.05) is 57.5 Å². The standard InChI is InChI=1S/C26H36N6O.HI/c1-20-16-23(12-14-31(20)18-22-6-4-3-5-7-22)30-26(27-2)29-17-21-8-10-24(11-9-21)32-15-13-28-25(33)19-32;/h3-11,20,23H,12-19H2,1-2H3,(H,28,33)(H2,27,29,30);1H. The van der Waals surface area contributed by atoms with Crippen LogP contribution in [0, 0.1) is 0 Å². The predicted molar refractivity (Wildman–Crippen MR) is 150 cm³/mol. The van der Waals surface area contributed by atoms with E-state index in [1.807, 2.05) is 7.05 Å². The van der Waals surface area contributed by atoms with E-state index in [0.29, 0.717) is 31.7 Å². The van der Waals surface area contributed by atoms with Crippen LogP contribution in [-0.4, -0.2) is 62.1 Å². The van der Waals surface area contributed by atoms with Crippen molar-refractivity contribution in [1.82, 2.24) is 20.9 Å². The molecule has 2 fully saturated rings. The molecule has 2 aliphatic rings. The molecule has 2 saturated heterocycles. The van der Waals surface area contributed by atoms with Gasteiger partial charge in [-0.05, 0) is 43.0 Å². The molecule has 2 unspecified atom stereocenters. The van der Waals surface area contributed by atoms with Crippen LogP contribution in [0.25, 0.3) is 0 Å². The van der Waals surface area contributed by atoms with Crippen LogP contribution in [0.4, 0.5) is 5.69 Å². The van der Waals surface area contributed by atoms with E-state index in [4.69, 9.17) is 0 Å². The highest BCUT2D eigenvalue weighted by Crippen LogP contribution is 2.20. The monoisotopic (exact) mass is 576 g/mol. The summed E-state index contributed by atoms with van der Waals surface area (Å²) in [5.74, 6) is 0.933. The van der Waals surface area contributed by atoms with Crippen LogP contribution >= 0.6 is 24.0 Å². The van der Waals surface area contributed by atoms with Crippen LogP contribution < -0.4 is 20.9 Å². The largest absolute Gasteiger partial charge is 0.360 e. The molecule has 34 heavy (non-hydrogen) atoms. The highest BCUT2D eigenvalue weighted by atomic mass is 127. The fourth-order valence-electron chi connectivity index (χ4n) is 4.66. The van der Waals surface area contributed by atoms with Crippen molar-refractivity contribution >= 4 is 41.5 Å². The second kappa shape index (κ2) is 12.9. The summed E-state index contributed by atoms with van der Waals surface area (Å²) in [4.78, 5) is 20.7. The first-order chi connectivity index (χ1) is 16.1. The van der Waals surface area contributed by atoms with Crippen LogP contribution in [0.1, 0.15) is 30.9 Å². The summed E-state index contributed by atoms with van der Waals surface area (Å²) in [6.45, 7) is 7.11. The molecule has 4 rings (SSSR count). The van der Waals surface area contributed by atoms with Crippen LogP contribution in [-0.2, 0) is 17.9 Å². The molecule has 8 heteroatoms. The number of anilines is 1. The second-order valence-electron chi connectivity index (χ2n) is 9.03. The summed E-state index contributed by atoms with van der Waals surface area (Å²) in [7, 11) is 1.83. The van der Waals surface area contributed by atoms with E-state index >= 15 is 0 Å². The maximum absolute atomic E-state index is 11.6. The van der Waals surface area contributed by atoms with Gasteiger partial charge in [-0.2, -0.15) is 0 Å². The third-order valence-electron chi connectivity index (χ3n) is 6.61. The average molecular weight is 577 g/mol. The quantitative estimate of drug-likeness (QED) is 0.281. The van der Waals surface area contributed by atoms with Gasteiger partial charge in [0.1, 0.15) is 0 Å². The molecule has 3 N–H and O–H groups in total. The number of hydrogen-bond acceptors (Lipinski definition) is 4. The molecule has 0 aromatic heterocycles. The van der Waals surface area contributed by atoms with Gasteiger partial charge in [0.25, 0.3) is 0 Å². The van der Waals surface area contributed by atoms with E-state index in [2.05, 4.69) is 92.3 Å². The molecular formula is C26H37IN6O. The molecule has 0 radical (unpaired) electrons. The van der Waals surface area contributed by atoms with Crippen LogP contribution in [0.2, 0.25) is 0 Å². The summed E-state index contributed by atoms with van der Waals surface area (Å²) >= 11 is 0. The molecule has 2 aliphatic heterocycles. The van der Waals surface area contributed by atoms with Gasteiger partial charge in [-0.3, -0.25) is 14.7 Å². The number of guanidine groups is 1. The summed E-state index contributed by atoms with van der Waals surface area (Å²) in [6, 6.07) is 20.1. The molecule has 1 amide bonds. The van der Waals surface area contributed by atoms with Crippen molar-refractivity contribution < 1.29 is 4.79 Å². The van der Waals surface area contributed by atoms with E-state index in [1.54, 1.807) is 0 Å². The number of likely N-dealkylation sites (tertiary alicyclic amines) is 1. The maximum atomic E-state index is 11.6. The first kappa shape index (κ1) is 26.3. The lowest BCUT2D eigenvalue weighted by molar-refractivity contribution is -0.120. The summed E-state index contributed by atoms with van der Waals surface area (Å²) in [6.07, 6.45) is 2.21. The number of nitrogens with zero attached hydrogens (tertiary/aromatic N) is 3. The molecule has 2 atom stereocenters. The van der Waals surface area contributed by atoms with Crippen molar-refractivity contribution in [2.45, 2.75) is 44.9 Å². The van der Waals surface area contributed by atoms with Crippen molar-refractivity contribution in [3.63, 3.8) is 0 Å². The SMILES string of the molecule is CN=C(NCc1ccc(N2CCNC(=O)C2)cc1)NC1CCN(Cc2ccccc2)C(C)C1.I. The van der Waals surface area contributed by atoms with Gasteiger partial charge >= 0.3 is 0 Å². The fraction of sp³-hybridized carbons (Fsp3) is 0.462. The van der Waals surface area contributed by atoms with E-state index in [-0.39, 0.29) is 29.9 Å². The van der Waals surface area contributed by atoms with Crippen molar-refractivity contribution in [2.24, 2.45) is 4.99 Å². The lowest BCUT2D eigenvalue weighted by Crippen LogP contribution is -2.51. The van der Waals surface area contributed by atoms with Crippen LogP contribution in [0.15, 0.2) is 59.6 Å². The molecule has 0 saturated carbocycles. The Kier molecular flexibility index (Phi) is 10.0. The van der Waals surface area contributed by atoms with E-state index in [1.165, 1.54) is 11.1 Å². The van der Waals surface area contributed by atoms with Gasteiger partial charge in [0.15, 0.2) is 5.96 Å². The smallest absolute Gasteiger partial charge is 0.239 e. The number of aliphatic imine (C=N–C) groups is 1. The number of benzene rings is 2. The Morgan fingerprint density at radius 1 is 1.09 bits per heavy atom. The summed E-state index contributed by atoms with van der Waals surface area (Å²) in [5.41, 5.74) is 3.66. The minimum Gasteiger partial charge on any atom is -0.360 e. The molecule has 0 bridgehead atoms. The number of carbonyl (C=O) groups is 1. The van der Waals surface area contributed by atoms with Crippen molar-refractivity contribution in [1.29, 1.82) is 0 Å². The Labute approximate surface area is 220 Å². The second-order valence-corrected chi connectivity index (χ2v) is 9.03. The Bertz CT molecular complexity index is 936. The normalized spacial score (nSPS) is 21.4. The van der Waals surface area contributed by atoms with Crippen molar-refractivity contribution in [3.8, 4) is 0 Å². The zero-order valence-electron chi connectivity index (χ0n) is 20.2. The zero-order chi connectivity index (χ0) is 23.0. The molecule has 7 nitrogen and oxygen atoms in total. The van der Waals surface area contributed by atoms with Crippen molar-refractivity contribution in [3.05, 3.63) is 65.7 Å². The summed E-state index contributed by atoms with van der Waals surface area (Å²) in [5, 5.41) is 9.94. The minimum atomic E-state index is 0. The van der Waals surface area contributed by atoms with Crippen LogP contribution in [0.5, 0.6) is 0 Å². The van der Waals surface area contributed by atoms with Crippen LogP contribution in [0.3, 0.4) is 0 Å². The van der Waals surface area contributed by atoms with Crippen molar-refractivity contribution in [2.75, 3.05) is 38.1 Å². The highest BCUT2D eigenvalue weighted by Gasteiger charge is 2.26. The molecular weight excluding hydrogens is 539 g/mol. The molecule has 2 aromatic carbocycles. The van der Waals surface area contributed by atoms with Gasteiger partial charge in [-0.25, -0.2) is 0 Å². The van der Waals surface area contributed by atoms with Gasteiger partial charge in [-0.1, -0.05) is 42.5 Å². The highest BCUT2D eigenvalue weighted by molar-refractivity contribution is 14.0. The Morgan fingerprint density at radius 3 is 2.53 bits per heavy atom. The van der Waals surface area contributed by atoms with Gasteiger partial charge < -0.3 is 20.9 Å². The van der Waals surface area contributed by atoms with Gasteiger partial charge in [-0.15, -0.1) is 24.0 Å². The number of hydrogen-bond donors (Lipinski definition) is 3. The molecule has 0 aliphatic carbocycles. The lowest BCUT2D eigenvalue weighted by atomic mass is 9.97. The Balaban J connectivity index is 0.00000324. The van der Waals surface area contributed by atoms with Gasteiger partial charge in [0.2, 0.25) is 5.91 Å². The number of rotatable bonds is 6. The predicted octanol–water partition coefficient (Wildman–Crippen LogP) is 2.96. The number of carbonyl (C=O) groups excluding carboxylic acids is 1. The lowest BCUT2D eigenvalue weighted by Gasteiger charge is -2.38. The fourth-order valence-corrected chi connectivity index (χ4v) is 4.66. The Hall–Kier alpha value is -2.33. The number of amides is 1. The molecule has 2 heterocycles. The number of halogens is 1. The first-order valence-corrected chi connectivity index (χ1v) is 12.0. The first-order valence-electron chi connectivity index (χ1n) is 12.0. The molecule has 2 aromatic rings. The number of piperidine rings is 1. The molecule has 0 spiro atoms. The van der Waals surface area contributed by atoms with Gasteiger partial charge in [0.05, 0.1) is 6.54 Å². The van der Waals surface area contributed by atoms with E-state index in [0.717, 1.165) is 44.1 Å². The minimum absolute atomic E-state index is 0. The molecule has 184 valence electrons. The number of nitrogens with one attached hydrogen (secondary N) is 3.